The van der Waals surface area contributed by atoms with Gasteiger partial charge in [0.1, 0.15) is 11.1 Å². The number of carbonyl (C=O) groups excluding carboxylic acids is 1. The number of carbonyl (C=O) groups is 1. The second kappa shape index (κ2) is 9.77. The Hall–Kier alpha value is -1.80. The van der Waals surface area contributed by atoms with Crippen molar-refractivity contribution in [2.45, 2.75) is 38.8 Å². The van der Waals surface area contributed by atoms with Crippen LogP contribution in [0.25, 0.3) is 0 Å². The number of rotatable bonds is 5. The van der Waals surface area contributed by atoms with E-state index in [-0.39, 0.29) is 17.4 Å². The van der Waals surface area contributed by atoms with Gasteiger partial charge in [-0.1, -0.05) is 51.1 Å². The third-order valence-electron chi connectivity index (χ3n) is 6.05. The highest BCUT2D eigenvalue weighted by atomic mass is 32.1. The highest BCUT2D eigenvalue weighted by molar-refractivity contribution is 7.09. The molecule has 2 aliphatic rings. The molecule has 2 fully saturated rings. The van der Waals surface area contributed by atoms with Crippen LogP contribution in [0.1, 0.15) is 43.1 Å². The van der Waals surface area contributed by atoms with Crippen LogP contribution >= 0.6 is 11.3 Å². The molecular formula is C24H34N4O2S. The monoisotopic (exact) mass is 442 g/mol. The Balaban J connectivity index is 1.25. The third-order valence-corrected chi connectivity index (χ3v) is 6.99. The van der Waals surface area contributed by atoms with E-state index in [1.807, 2.05) is 11.0 Å². The molecule has 6 nitrogen and oxygen atoms in total. The Morgan fingerprint density at radius 3 is 2.52 bits per heavy atom. The summed E-state index contributed by atoms with van der Waals surface area (Å²) in [6.45, 7) is 13.6. The number of aromatic nitrogens is 1. The number of hydrogen-bond acceptors (Lipinski definition) is 6. The van der Waals surface area contributed by atoms with Crippen LogP contribution in [0.5, 0.6) is 0 Å². The van der Waals surface area contributed by atoms with E-state index in [0.29, 0.717) is 13.2 Å². The Morgan fingerprint density at radius 1 is 1.10 bits per heavy atom. The minimum Gasteiger partial charge on any atom is -0.368 e. The quantitative estimate of drug-likeness (QED) is 0.712. The molecule has 1 atom stereocenters. The fraction of sp³-hybridized carbons (Fsp3) is 0.583. The van der Waals surface area contributed by atoms with Crippen molar-refractivity contribution in [2.24, 2.45) is 0 Å². The zero-order chi connectivity index (χ0) is 21.8. The highest BCUT2D eigenvalue weighted by Crippen LogP contribution is 2.30. The summed E-state index contributed by atoms with van der Waals surface area (Å²) in [4.78, 5) is 24.4. The summed E-state index contributed by atoms with van der Waals surface area (Å²) >= 11 is 1.67. The van der Waals surface area contributed by atoms with Crippen LogP contribution in [0, 0.1) is 0 Å². The maximum Gasteiger partial charge on any atom is 0.236 e. The molecule has 1 unspecified atom stereocenters. The Morgan fingerprint density at radius 2 is 1.84 bits per heavy atom. The van der Waals surface area contributed by atoms with Crippen molar-refractivity contribution in [2.75, 3.05) is 52.4 Å². The second-order valence-electron chi connectivity index (χ2n) is 9.56. The smallest absolute Gasteiger partial charge is 0.236 e. The predicted molar refractivity (Wildman–Crippen MR) is 124 cm³/mol. The van der Waals surface area contributed by atoms with Crippen molar-refractivity contribution < 1.29 is 9.53 Å². The fourth-order valence-corrected chi connectivity index (χ4v) is 5.15. The van der Waals surface area contributed by atoms with Gasteiger partial charge < -0.3 is 9.64 Å². The Kier molecular flexibility index (Phi) is 7.06. The van der Waals surface area contributed by atoms with Crippen LogP contribution in [0.2, 0.25) is 0 Å². The SMILES string of the molecule is CC(C)(C)c1csc(C2CN(CC(=O)N3CCN(Cc4ccccc4)CC3)CCO2)n1. The maximum absolute atomic E-state index is 12.9. The molecule has 1 aromatic heterocycles. The lowest BCUT2D eigenvalue weighted by Crippen LogP contribution is -2.52. The molecule has 2 saturated heterocycles. The van der Waals surface area contributed by atoms with Crippen LogP contribution < -0.4 is 0 Å². The predicted octanol–water partition coefficient (Wildman–Crippen LogP) is 3.16. The largest absolute Gasteiger partial charge is 0.368 e. The molecule has 0 saturated carbocycles. The van der Waals surface area contributed by atoms with Crippen molar-refractivity contribution in [3.63, 3.8) is 0 Å². The van der Waals surface area contributed by atoms with E-state index in [9.17, 15) is 4.79 Å². The lowest BCUT2D eigenvalue weighted by Gasteiger charge is -2.37. The van der Waals surface area contributed by atoms with Crippen LogP contribution in [0.4, 0.5) is 0 Å². The standard InChI is InChI=1S/C24H34N4O2S/c1-24(2,3)21-18-31-23(25-21)20-16-27(13-14-30-20)17-22(29)28-11-9-26(10-12-28)15-19-7-5-4-6-8-19/h4-8,18,20H,9-17H2,1-3H3. The molecular weight excluding hydrogens is 408 g/mol. The van der Waals surface area contributed by atoms with Crippen LogP contribution in [-0.2, 0) is 21.5 Å². The van der Waals surface area contributed by atoms with Crippen LogP contribution in [0.3, 0.4) is 0 Å². The second-order valence-corrected chi connectivity index (χ2v) is 10.4. The zero-order valence-corrected chi connectivity index (χ0v) is 19.7. The lowest BCUT2D eigenvalue weighted by atomic mass is 9.93. The van der Waals surface area contributed by atoms with Crippen molar-refractivity contribution in [1.82, 2.24) is 19.7 Å². The first kappa shape index (κ1) is 22.4. The average molecular weight is 443 g/mol. The summed E-state index contributed by atoms with van der Waals surface area (Å²) < 4.78 is 5.99. The molecule has 31 heavy (non-hydrogen) atoms. The topological polar surface area (TPSA) is 48.9 Å². The van der Waals surface area contributed by atoms with Gasteiger partial charge in [-0.3, -0.25) is 14.6 Å². The Bertz CT molecular complexity index is 856. The normalized spacial score (nSPS) is 21.4. The number of amides is 1. The number of thiazole rings is 1. The van der Waals surface area contributed by atoms with Gasteiger partial charge in [0, 0.05) is 56.6 Å². The van der Waals surface area contributed by atoms with Gasteiger partial charge in [0.2, 0.25) is 5.91 Å². The first-order chi connectivity index (χ1) is 14.9. The lowest BCUT2D eigenvalue weighted by molar-refractivity contribution is -0.136. The van der Waals surface area contributed by atoms with E-state index in [0.717, 1.165) is 56.5 Å². The molecule has 3 heterocycles. The number of ether oxygens (including phenoxy) is 1. The van der Waals surface area contributed by atoms with E-state index in [1.165, 1.54) is 5.56 Å². The summed E-state index contributed by atoms with van der Waals surface area (Å²) in [5.41, 5.74) is 2.48. The van der Waals surface area contributed by atoms with Gasteiger partial charge in [-0.15, -0.1) is 11.3 Å². The summed E-state index contributed by atoms with van der Waals surface area (Å²) in [6, 6.07) is 10.5. The number of piperazine rings is 1. The molecule has 2 aliphatic heterocycles. The first-order valence-corrected chi connectivity index (χ1v) is 12.1. The molecule has 7 heteroatoms. The summed E-state index contributed by atoms with van der Waals surface area (Å²) in [5.74, 6) is 0.231. The molecule has 0 bridgehead atoms. The van der Waals surface area contributed by atoms with E-state index in [1.54, 1.807) is 11.3 Å². The fourth-order valence-electron chi connectivity index (χ4n) is 4.06. The maximum atomic E-state index is 12.9. The van der Waals surface area contributed by atoms with Gasteiger partial charge in [-0.25, -0.2) is 4.98 Å². The van der Waals surface area contributed by atoms with Crippen LogP contribution in [0.15, 0.2) is 35.7 Å². The summed E-state index contributed by atoms with van der Waals surface area (Å²) in [5, 5.41) is 3.16. The molecule has 1 amide bonds. The zero-order valence-electron chi connectivity index (χ0n) is 18.9. The van der Waals surface area contributed by atoms with E-state index < -0.39 is 0 Å². The molecule has 2 aromatic rings. The Labute approximate surface area is 189 Å². The van der Waals surface area contributed by atoms with Gasteiger partial charge >= 0.3 is 0 Å². The summed E-state index contributed by atoms with van der Waals surface area (Å²) in [6.07, 6.45) is -0.0367. The molecule has 168 valence electrons. The summed E-state index contributed by atoms with van der Waals surface area (Å²) in [7, 11) is 0. The van der Waals surface area contributed by atoms with Gasteiger partial charge in [0.05, 0.1) is 18.8 Å². The van der Waals surface area contributed by atoms with Crippen molar-refractivity contribution in [3.05, 3.63) is 52.0 Å². The third kappa shape index (κ3) is 5.92. The van der Waals surface area contributed by atoms with Crippen molar-refractivity contribution in [3.8, 4) is 0 Å². The number of benzene rings is 1. The van der Waals surface area contributed by atoms with Crippen LogP contribution in [-0.4, -0.2) is 78.0 Å². The van der Waals surface area contributed by atoms with Gasteiger partial charge in [0.15, 0.2) is 0 Å². The van der Waals surface area contributed by atoms with Crippen molar-refractivity contribution >= 4 is 17.2 Å². The van der Waals surface area contributed by atoms with E-state index in [2.05, 4.69) is 60.2 Å². The number of nitrogens with zero attached hydrogens (tertiary/aromatic N) is 4. The number of morpholine rings is 1. The van der Waals surface area contributed by atoms with Gasteiger partial charge in [-0.05, 0) is 5.56 Å². The van der Waals surface area contributed by atoms with E-state index in [4.69, 9.17) is 9.72 Å². The molecule has 0 spiro atoms. The first-order valence-electron chi connectivity index (χ1n) is 11.2. The molecule has 1 aromatic carbocycles. The minimum absolute atomic E-state index is 0.0367. The van der Waals surface area contributed by atoms with Crippen molar-refractivity contribution in [1.29, 1.82) is 0 Å². The molecule has 0 aliphatic carbocycles. The van der Waals surface area contributed by atoms with Gasteiger partial charge in [-0.2, -0.15) is 0 Å². The number of hydrogen-bond donors (Lipinski definition) is 0. The molecule has 4 rings (SSSR count). The average Bonchev–Trinajstić information content (AvgIpc) is 3.26. The highest BCUT2D eigenvalue weighted by Gasteiger charge is 2.29. The molecule has 0 radical (unpaired) electrons. The van der Waals surface area contributed by atoms with E-state index >= 15 is 0 Å². The minimum atomic E-state index is -0.0367. The van der Waals surface area contributed by atoms with Gasteiger partial charge in [0.25, 0.3) is 0 Å². The molecule has 0 N–H and O–H groups in total.